The van der Waals surface area contributed by atoms with Crippen LogP contribution in [0.25, 0.3) is 0 Å². The lowest BCUT2D eigenvalue weighted by Crippen LogP contribution is -2.28. The minimum Gasteiger partial charge on any atom is -0.481 e. The highest BCUT2D eigenvalue weighted by Gasteiger charge is 2.29. The summed E-state index contributed by atoms with van der Waals surface area (Å²) in [6, 6.07) is 6.89. The summed E-state index contributed by atoms with van der Waals surface area (Å²) in [4.78, 5) is 22.9. The van der Waals surface area contributed by atoms with E-state index in [1.165, 1.54) is 0 Å². The number of hydrogen-bond donors (Lipinski definition) is 2. The lowest BCUT2D eigenvalue weighted by molar-refractivity contribution is -0.142. The summed E-state index contributed by atoms with van der Waals surface area (Å²) in [7, 11) is 0. The number of benzene rings is 1. The summed E-state index contributed by atoms with van der Waals surface area (Å²) in [6.45, 7) is 3.29. The first kappa shape index (κ1) is 16.8. The Morgan fingerprint density at radius 3 is 2.38 bits per heavy atom. The molecular weight excluding hydrogens is 266 g/mol. The number of hydrogen-bond acceptors (Lipinski definition) is 2. The van der Waals surface area contributed by atoms with E-state index in [1.54, 1.807) is 38.1 Å². The van der Waals surface area contributed by atoms with E-state index in [-0.39, 0.29) is 5.91 Å². The second kappa shape index (κ2) is 7.49. The molecule has 2 N–H and O–H groups in total. The standard InChI is InChI=1S/C17H21NO3/c1-4-5-6-7-8-15(19)18-14-11-9-13(10-12-14)17(2,3)16(20)21/h1,9-12H,5-8H2,2-3H3,(H,18,19)(H,20,21). The van der Waals surface area contributed by atoms with E-state index in [4.69, 9.17) is 11.5 Å². The van der Waals surface area contributed by atoms with Crippen LogP contribution in [0.5, 0.6) is 0 Å². The van der Waals surface area contributed by atoms with Gasteiger partial charge in [-0.15, -0.1) is 12.3 Å². The molecule has 4 nitrogen and oxygen atoms in total. The van der Waals surface area contributed by atoms with Crippen molar-refractivity contribution in [2.24, 2.45) is 0 Å². The number of carbonyl (C=O) groups excluding carboxylic acids is 1. The fraction of sp³-hybridized carbons (Fsp3) is 0.412. The van der Waals surface area contributed by atoms with Gasteiger partial charge in [-0.2, -0.15) is 0 Å². The first-order valence-electron chi connectivity index (χ1n) is 6.95. The maximum Gasteiger partial charge on any atom is 0.313 e. The van der Waals surface area contributed by atoms with Crippen molar-refractivity contribution in [1.29, 1.82) is 0 Å². The topological polar surface area (TPSA) is 66.4 Å². The zero-order valence-electron chi connectivity index (χ0n) is 12.5. The molecule has 4 heteroatoms. The van der Waals surface area contributed by atoms with E-state index in [1.807, 2.05) is 0 Å². The molecular formula is C17H21NO3. The molecule has 0 spiro atoms. The fourth-order valence-electron chi connectivity index (χ4n) is 1.83. The molecule has 1 amide bonds. The third-order valence-corrected chi connectivity index (χ3v) is 3.40. The van der Waals surface area contributed by atoms with Crippen molar-refractivity contribution in [1.82, 2.24) is 0 Å². The van der Waals surface area contributed by atoms with Crippen molar-refractivity contribution in [3.05, 3.63) is 29.8 Å². The van der Waals surface area contributed by atoms with Gasteiger partial charge in [0.05, 0.1) is 5.41 Å². The Morgan fingerprint density at radius 1 is 1.24 bits per heavy atom. The van der Waals surface area contributed by atoms with Gasteiger partial charge in [-0.3, -0.25) is 9.59 Å². The van der Waals surface area contributed by atoms with Gasteiger partial charge in [0.25, 0.3) is 0 Å². The number of terminal acetylenes is 1. The number of anilines is 1. The Morgan fingerprint density at radius 2 is 1.86 bits per heavy atom. The average Bonchev–Trinajstić information content (AvgIpc) is 2.44. The van der Waals surface area contributed by atoms with Gasteiger partial charge in [-0.1, -0.05) is 12.1 Å². The van der Waals surface area contributed by atoms with Crippen LogP contribution in [0.15, 0.2) is 24.3 Å². The molecule has 0 unspecified atom stereocenters. The maximum absolute atomic E-state index is 11.7. The number of aliphatic carboxylic acids is 1. The minimum absolute atomic E-state index is 0.0581. The van der Waals surface area contributed by atoms with Gasteiger partial charge in [0, 0.05) is 18.5 Å². The third kappa shape index (κ3) is 4.96. The SMILES string of the molecule is C#CCCCCC(=O)Nc1ccc(C(C)(C)C(=O)O)cc1. The third-order valence-electron chi connectivity index (χ3n) is 3.40. The molecule has 0 heterocycles. The van der Waals surface area contributed by atoms with Crippen LogP contribution in [0, 0.1) is 12.3 Å². The van der Waals surface area contributed by atoms with Gasteiger partial charge in [-0.25, -0.2) is 0 Å². The lowest BCUT2D eigenvalue weighted by Gasteiger charge is -2.19. The van der Waals surface area contributed by atoms with Crippen LogP contribution >= 0.6 is 0 Å². The number of unbranched alkanes of at least 4 members (excludes halogenated alkanes) is 2. The van der Waals surface area contributed by atoms with Gasteiger partial charge in [0.15, 0.2) is 0 Å². The number of carboxylic acids is 1. The van der Waals surface area contributed by atoms with Crippen LogP contribution in [0.4, 0.5) is 5.69 Å². The maximum atomic E-state index is 11.7. The molecule has 0 bridgehead atoms. The highest BCUT2D eigenvalue weighted by Crippen LogP contribution is 2.24. The summed E-state index contributed by atoms with van der Waals surface area (Å²) < 4.78 is 0. The highest BCUT2D eigenvalue weighted by molar-refractivity contribution is 5.90. The molecule has 0 saturated carbocycles. The van der Waals surface area contributed by atoms with Crippen molar-refractivity contribution < 1.29 is 14.7 Å². The van der Waals surface area contributed by atoms with Crippen molar-refractivity contribution in [2.45, 2.75) is 44.9 Å². The molecule has 1 aromatic carbocycles. The Bertz CT molecular complexity index is 538. The van der Waals surface area contributed by atoms with Crippen molar-refractivity contribution in [3.63, 3.8) is 0 Å². The fourth-order valence-corrected chi connectivity index (χ4v) is 1.83. The molecule has 0 fully saturated rings. The van der Waals surface area contributed by atoms with Gasteiger partial charge < -0.3 is 10.4 Å². The summed E-state index contributed by atoms with van der Waals surface area (Å²) in [6.07, 6.45) is 7.88. The predicted molar refractivity (Wildman–Crippen MR) is 83.0 cm³/mol. The second-order valence-electron chi connectivity index (χ2n) is 5.47. The second-order valence-corrected chi connectivity index (χ2v) is 5.47. The summed E-state index contributed by atoms with van der Waals surface area (Å²) in [5.41, 5.74) is 0.418. The monoisotopic (exact) mass is 287 g/mol. The van der Waals surface area contributed by atoms with Crippen LogP contribution in [0.1, 0.15) is 45.1 Å². The normalized spacial score (nSPS) is 10.7. The van der Waals surface area contributed by atoms with Gasteiger partial charge in [-0.05, 0) is 44.4 Å². The molecule has 0 saturated heterocycles. The van der Waals surface area contributed by atoms with Crippen LogP contribution < -0.4 is 5.32 Å². The molecule has 112 valence electrons. The average molecular weight is 287 g/mol. The first-order chi connectivity index (χ1) is 9.87. The molecule has 0 aromatic heterocycles. The summed E-state index contributed by atoms with van der Waals surface area (Å²) in [5, 5.41) is 12.0. The quantitative estimate of drug-likeness (QED) is 0.598. The summed E-state index contributed by atoms with van der Waals surface area (Å²) in [5.74, 6) is 1.60. The molecule has 0 aliphatic rings. The Kier molecular flexibility index (Phi) is 5.98. The molecule has 0 radical (unpaired) electrons. The first-order valence-corrected chi connectivity index (χ1v) is 6.95. The van der Waals surface area contributed by atoms with Crippen LogP contribution in [0.2, 0.25) is 0 Å². The molecule has 0 aliphatic heterocycles. The van der Waals surface area contributed by atoms with Crippen LogP contribution in [0.3, 0.4) is 0 Å². The molecule has 1 aromatic rings. The van der Waals surface area contributed by atoms with E-state index >= 15 is 0 Å². The number of carboxylic acid groups (broad SMARTS) is 1. The predicted octanol–water partition coefficient (Wildman–Crippen LogP) is 3.18. The minimum atomic E-state index is -0.947. The zero-order valence-corrected chi connectivity index (χ0v) is 12.5. The Balaban J connectivity index is 2.57. The highest BCUT2D eigenvalue weighted by atomic mass is 16.4. The molecule has 0 atom stereocenters. The van der Waals surface area contributed by atoms with Crippen molar-refractivity contribution in [3.8, 4) is 12.3 Å². The van der Waals surface area contributed by atoms with E-state index in [2.05, 4.69) is 11.2 Å². The number of nitrogens with one attached hydrogen (secondary N) is 1. The lowest BCUT2D eigenvalue weighted by atomic mass is 9.85. The molecule has 21 heavy (non-hydrogen) atoms. The number of carbonyl (C=O) groups is 2. The largest absolute Gasteiger partial charge is 0.481 e. The van der Waals surface area contributed by atoms with Crippen LogP contribution in [-0.2, 0) is 15.0 Å². The van der Waals surface area contributed by atoms with E-state index in [0.717, 1.165) is 12.8 Å². The molecule has 0 aliphatic carbocycles. The van der Waals surface area contributed by atoms with Gasteiger partial charge in [0.2, 0.25) is 5.91 Å². The van der Waals surface area contributed by atoms with Crippen molar-refractivity contribution >= 4 is 17.6 Å². The Labute approximate surface area is 125 Å². The van der Waals surface area contributed by atoms with E-state index in [9.17, 15) is 9.59 Å². The summed E-state index contributed by atoms with van der Waals surface area (Å²) >= 11 is 0. The van der Waals surface area contributed by atoms with Gasteiger partial charge in [0.1, 0.15) is 0 Å². The Hall–Kier alpha value is -2.28. The number of rotatable bonds is 7. The van der Waals surface area contributed by atoms with E-state index < -0.39 is 11.4 Å². The van der Waals surface area contributed by atoms with Crippen molar-refractivity contribution in [2.75, 3.05) is 5.32 Å². The van der Waals surface area contributed by atoms with Gasteiger partial charge >= 0.3 is 5.97 Å². The smallest absolute Gasteiger partial charge is 0.313 e. The van der Waals surface area contributed by atoms with Crippen LogP contribution in [-0.4, -0.2) is 17.0 Å². The number of amides is 1. The van der Waals surface area contributed by atoms with E-state index in [0.29, 0.717) is 24.1 Å². The molecule has 1 rings (SSSR count). The zero-order chi connectivity index (χ0) is 15.9.